The van der Waals surface area contributed by atoms with Gasteiger partial charge in [-0.15, -0.1) is 0 Å². The van der Waals surface area contributed by atoms with Gasteiger partial charge in [-0.1, -0.05) is 29.8 Å². The minimum Gasteiger partial charge on any atom is -0.465 e. The first-order valence-corrected chi connectivity index (χ1v) is 10.1. The predicted molar refractivity (Wildman–Crippen MR) is 102 cm³/mol. The lowest BCUT2D eigenvalue weighted by Gasteiger charge is -2.08. The number of aromatic nitrogens is 1. The molecule has 0 bridgehead atoms. The van der Waals surface area contributed by atoms with Crippen LogP contribution in [0.4, 0.5) is 0 Å². The molecule has 1 heterocycles. The molecule has 0 spiro atoms. The zero-order chi connectivity index (χ0) is 20.3. The van der Waals surface area contributed by atoms with Crippen molar-refractivity contribution in [3.63, 3.8) is 0 Å². The second-order valence-corrected chi connectivity index (χ2v) is 7.97. The molecule has 148 valence electrons. The topological polar surface area (TPSA) is 108 Å². The Morgan fingerprint density at radius 3 is 2.71 bits per heavy atom. The van der Waals surface area contributed by atoms with Crippen molar-refractivity contribution in [2.45, 2.75) is 31.8 Å². The van der Waals surface area contributed by atoms with E-state index in [1.807, 2.05) is 31.2 Å². The Balaban J connectivity index is 1.85. The molecule has 1 N–H and O–H groups in total. The number of nitrogens with zero attached hydrogens (tertiary/aromatic N) is 1. The van der Waals surface area contributed by atoms with E-state index in [9.17, 15) is 18.0 Å². The molecule has 8 nitrogen and oxygen atoms in total. The number of oxazole rings is 1. The monoisotopic (exact) mass is 404 g/mol. The van der Waals surface area contributed by atoms with E-state index >= 15 is 0 Å². The lowest BCUT2D eigenvalue weighted by atomic mass is 10.1. The van der Waals surface area contributed by atoms with E-state index in [2.05, 4.69) is 4.72 Å². The van der Waals surface area contributed by atoms with Crippen LogP contribution < -0.4 is 10.5 Å². The molecular weight excluding hydrogens is 384 g/mol. The van der Waals surface area contributed by atoms with Crippen molar-refractivity contribution >= 4 is 27.1 Å². The molecule has 3 aromatic rings. The van der Waals surface area contributed by atoms with Gasteiger partial charge in [0.05, 0.1) is 17.0 Å². The fourth-order valence-electron chi connectivity index (χ4n) is 2.78. The zero-order valence-corrected chi connectivity index (χ0v) is 16.3. The van der Waals surface area contributed by atoms with Crippen LogP contribution in [-0.4, -0.2) is 25.6 Å². The second-order valence-electron chi connectivity index (χ2n) is 6.20. The summed E-state index contributed by atoms with van der Waals surface area (Å²) in [5.74, 6) is -1.34. The Morgan fingerprint density at radius 2 is 2.00 bits per heavy atom. The first kappa shape index (κ1) is 19.8. The molecule has 0 radical (unpaired) electrons. The molecule has 0 saturated heterocycles. The summed E-state index contributed by atoms with van der Waals surface area (Å²) in [4.78, 5) is 23.6. The summed E-state index contributed by atoms with van der Waals surface area (Å²) in [5.41, 5.74) is 2.25. The van der Waals surface area contributed by atoms with Crippen LogP contribution in [-0.2, 0) is 32.6 Å². The average Bonchev–Trinajstić information content (AvgIpc) is 2.95. The molecule has 0 atom stereocenters. The molecule has 2 aromatic carbocycles. The Morgan fingerprint density at radius 1 is 1.21 bits per heavy atom. The minimum absolute atomic E-state index is 0.0373. The first-order chi connectivity index (χ1) is 13.3. The molecule has 0 fully saturated rings. The van der Waals surface area contributed by atoms with Gasteiger partial charge in [0.15, 0.2) is 5.58 Å². The van der Waals surface area contributed by atoms with Crippen molar-refractivity contribution in [1.29, 1.82) is 0 Å². The van der Waals surface area contributed by atoms with Crippen LogP contribution in [0.2, 0.25) is 0 Å². The van der Waals surface area contributed by atoms with Crippen molar-refractivity contribution in [2.24, 2.45) is 0 Å². The van der Waals surface area contributed by atoms with E-state index in [4.69, 9.17) is 9.15 Å². The maximum Gasteiger partial charge on any atom is 0.420 e. The zero-order valence-electron chi connectivity index (χ0n) is 15.5. The Bertz CT molecular complexity index is 1180. The van der Waals surface area contributed by atoms with Gasteiger partial charge >= 0.3 is 11.7 Å². The van der Waals surface area contributed by atoms with Crippen molar-refractivity contribution in [3.05, 3.63) is 64.1 Å². The Labute approximate surface area is 161 Å². The number of sulfonamides is 1. The molecule has 0 amide bonds. The van der Waals surface area contributed by atoms with Gasteiger partial charge in [0.1, 0.15) is 6.54 Å². The Kier molecular flexibility index (Phi) is 5.66. The van der Waals surface area contributed by atoms with Crippen molar-refractivity contribution in [3.8, 4) is 0 Å². The number of nitrogens with one attached hydrogen (secondary N) is 1. The highest BCUT2D eigenvalue weighted by Gasteiger charge is 2.19. The lowest BCUT2D eigenvalue weighted by molar-refractivity contribution is -0.143. The third kappa shape index (κ3) is 4.32. The van der Waals surface area contributed by atoms with Crippen LogP contribution in [0.1, 0.15) is 18.1 Å². The maximum absolute atomic E-state index is 12.6. The van der Waals surface area contributed by atoms with E-state index in [1.165, 1.54) is 18.2 Å². The first-order valence-electron chi connectivity index (χ1n) is 8.64. The number of carbonyl (C=O) groups excluding carboxylic acids is 1. The highest BCUT2D eigenvalue weighted by Crippen LogP contribution is 2.19. The van der Waals surface area contributed by atoms with Crippen LogP contribution in [0.3, 0.4) is 0 Å². The van der Waals surface area contributed by atoms with E-state index in [-0.39, 0.29) is 30.2 Å². The number of hydrogen-bond acceptors (Lipinski definition) is 6. The highest BCUT2D eigenvalue weighted by molar-refractivity contribution is 7.89. The lowest BCUT2D eigenvalue weighted by Crippen LogP contribution is -2.23. The number of ether oxygens (including phenoxy) is 1. The number of hydrogen-bond donors (Lipinski definition) is 1. The van der Waals surface area contributed by atoms with Crippen molar-refractivity contribution < 1.29 is 22.4 Å². The van der Waals surface area contributed by atoms with Crippen molar-refractivity contribution in [2.75, 3.05) is 6.61 Å². The standard InChI is InChI=1S/C19H20N2O6S/c1-3-26-18(22)12-21-16-8-7-15(10-17(16)27-19(21)23)28(24,25)20-11-14-6-4-5-13(2)9-14/h4-10,20H,3,11-12H2,1-2H3. The summed E-state index contributed by atoms with van der Waals surface area (Å²) in [6, 6.07) is 11.5. The van der Waals surface area contributed by atoms with E-state index in [1.54, 1.807) is 6.92 Å². The smallest absolute Gasteiger partial charge is 0.420 e. The van der Waals surface area contributed by atoms with Gasteiger partial charge in [-0.3, -0.25) is 9.36 Å². The van der Waals surface area contributed by atoms with Crippen LogP contribution >= 0.6 is 0 Å². The van der Waals surface area contributed by atoms with Crippen LogP contribution in [0, 0.1) is 6.92 Å². The molecule has 0 aliphatic heterocycles. The van der Waals surface area contributed by atoms with Gasteiger partial charge in [0, 0.05) is 12.6 Å². The third-order valence-electron chi connectivity index (χ3n) is 4.09. The molecule has 0 unspecified atom stereocenters. The van der Waals surface area contributed by atoms with Crippen molar-refractivity contribution in [1.82, 2.24) is 9.29 Å². The van der Waals surface area contributed by atoms with Gasteiger partial charge in [-0.2, -0.15) is 0 Å². The van der Waals surface area contributed by atoms with E-state index < -0.39 is 21.7 Å². The number of fused-ring (bicyclic) bond motifs is 1. The molecular formula is C19H20N2O6S. The highest BCUT2D eigenvalue weighted by atomic mass is 32.2. The largest absolute Gasteiger partial charge is 0.465 e. The summed E-state index contributed by atoms with van der Waals surface area (Å²) >= 11 is 0. The quantitative estimate of drug-likeness (QED) is 0.603. The van der Waals surface area contributed by atoms with E-state index in [0.29, 0.717) is 5.52 Å². The molecule has 28 heavy (non-hydrogen) atoms. The van der Waals surface area contributed by atoms with Gasteiger partial charge in [-0.05, 0) is 31.5 Å². The second kappa shape index (κ2) is 7.99. The summed E-state index contributed by atoms with van der Waals surface area (Å²) in [6.07, 6.45) is 0. The molecule has 3 rings (SSSR count). The fraction of sp³-hybridized carbons (Fsp3) is 0.263. The maximum atomic E-state index is 12.6. The fourth-order valence-corrected chi connectivity index (χ4v) is 3.82. The predicted octanol–water partition coefficient (Wildman–Crippen LogP) is 1.94. The van der Waals surface area contributed by atoms with Crippen LogP contribution in [0.25, 0.3) is 11.1 Å². The number of aryl methyl sites for hydroxylation is 1. The van der Waals surface area contributed by atoms with Crippen LogP contribution in [0.5, 0.6) is 0 Å². The van der Waals surface area contributed by atoms with Gasteiger partial charge in [0.25, 0.3) is 0 Å². The van der Waals surface area contributed by atoms with Crippen LogP contribution in [0.15, 0.2) is 56.6 Å². The summed E-state index contributed by atoms with van der Waals surface area (Å²) in [6.45, 7) is 3.61. The SMILES string of the molecule is CCOC(=O)Cn1c(=O)oc2cc(S(=O)(=O)NCc3cccc(C)c3)ccc21. The summed E-state index contributed by atoms with van der Waals surface area (Å²) in [5, 5.41) is 0. The van der Waals surface area contributed by atoms with Gasteiger partial charge in [-0.25, -0.2) is 17.9 Å². The third-order valence-corrected chi connectivity index (χ3v) is 5.49. The minimum atomic E-state index is -3.81. The number of benzene rings is 2. The average molecular weight is 404 g/mol. The molecule has 0 aliphatic rings. The number of rotatable bonds is 7. The van der Waals surface area contributed by atoms with E-state index in [0.717, 1.165) is 15.7 Å². The molecule has 0 saturated carbocycles. The molecule has 0 aliphatic carbocycles. The number of carbonyl (C=O) groups is 1. The van der Waals surface area contributed by atoms with Gasteiger partial charge < -0.3 is 9.15 Å². The summed E-state index contributed by atoms with van der Waals surface area (Å²) < 4.78 is 38.7. The molecule has 9 heteroatoms. The molecule has 1 aromatic heterocycles. The summed E-state index contributed by atoms with van der Waals surface area (Å²) in [7, 11) is -3.81. The number of esters is 1. The normalized spacial score (nSPS) is 11.6. The van der Waals surface area contributed by atoms with Gasteiger partial charge in [0.2, 0.25) is 10.0 Å². The Hall–Kier alpha value is -2.91.